The maximum absolute atomic E-state index is 11.5. The highest BCUT2D eigenvalue weighted by molar-refractivity contribution is 5.98. The zero-order chi connectivity index (χ0) is 19.4. The number of aryl methyl sites for hydroxylation is 1. The number of fused-ring (bicyclic) bond motifs is 1. The summed E-state index contributed by atoms with van der Waals surface area (Å²) in [5.41, 5.74) is 7.03. The molecular formula is C19H24N4O2. The summed E-state index contributed by atoms with van der Waals surface area (Å²) < 4.78 is 5.46. The van der Waals surface area contributed by atoms with Gasteiger partial charge in [-0.25, -0.2) is 0 Å². The van der Waals surface area contributed by atoms with Crippen LogP contribution >= 0.6 is 0 Å². The molecule has 4 N–H and O–H groups in total. The van der Waals surface area contributed by atoms with Gasteiger partial charge in [-0.05, 0) is 31.2 Å². The summed E-state index contributed by atoms with van der Waals surface area (Å²) in [5, 5.41) is 15.1. The van der Waals surface area contributed by atoms with Crippen molar-refractivity contribution < 1.29 is 9.21 Å². The van der Waals surface area contributed by atoms with E-state index >= 15 is 0 Å². The van der Waals surface area contributed by atoms with Crippen molar-refractivity contribution in [3.05, 3.63) is 41.4 Å². The number of anilines is 1. The fraction of sp³-hybridized carbons (Fsp3) is 0.263. The Hall–Kier alpha value is -3.38. The Morgan fingerprint density at radius 3 is 2.44 bits per heavy atom. The summed E-state index contributed by atoms with van der Waals surface area (Å²) in [6.07, 6.45) is 9.25. The van der Waals surface area contributed by atoms with Crippen molar-refractivity contribution in [3.8, 4) is 18.9 Å². The van der Waals surface area contributed by atoms with Gasteiger partial charge in [0.2, 0.25) is 0 Å². The minimum absolute atomic E-state index is 0.00594. The highest BCUT2D eigenvalue weighted by atomic mass is 16.3. The molecule has 6 nitrogen and oxygen atoms in total. The van der Waals surface area contributed by atoms with Gasteiger partial charge in [0.15, 0.2) is 5.57 Å². The van der Waals surface area contributed by atoms with Crippen LogP contribution in [0.2, 0.25) is 0 Å². The Morgan fingerprint density at radius 2 is 1.92 bits per heavy atom. The minimum atomic E-state index is -0.530. The summed E-state index contributed by atoms with van der Waals surface area (Å²) >= 11 is 0. The summed E-state index contributed by atoms with van der Waals surface area (Å²) in [6, 6.07) is 9.06. The first-order chi connectivity index (χ1) is 12.0. The lowest BCUT2D eigenvalue weighted by Gasteiger charge is -2.08. The first-order valence-electron chi connectivity index (χ1n) is 7.69. The first kappa shape index (κ1) is 21.6. The van der Waals surface area contributed by atoms with Crippen LogP contribution in [0.15, 0.2) is 40.1 Å². The monoisotopic (exact) mass is 340 g/mol. The number of nitrogens with one attached hydrogen (secondary N) is 2. The highest BCUT2D eigenvalue weighted by Crippen LogP contribution is 2.23. The van der Waals surface area contributed by atoms with Crippen LogP contribution in [0.25, 0.3) is 11.0 Å². The van der Waals surface area contributed by atoms with E-state index in [0.29, 0.717) is 5.69 Å². The van der Waals surface area contributed by atoms with Crippen LogP contribution < -0.4 is 16.4 Å². The molecule has 0 aliphatic rings. The lowest BCUT2D eigenvalue weighted by molar-refractivity contribution is -0.116. The Labute approximate surface area is 148 Å². The third-order valence-electron chi connectivity index (χ3n) is 2.75. The molecule has 2 aromatic rings. The van der Waals surface area contributed by atoms with E-state index in [0.717, 1.165) is 16.7 Å². The van der Waals surface area contributed by atoms with Gasteiger partial charge in [0.1, 0.15) is 23.2 Å². The molecule has 25 heavy (non-hydrogen) atoms. The van der Waals surface area contributed by atoms with Gasteiger partial charge in [-0.1, -0.05) is 20.3 Å². The van der Waals surface area contributed by atoms with E-state index < -0.39 is 5.91 Å². The van der Waals surface area contributed by atoms with Crippen LogP contribution in [0.5, 0.6) is 0 Å². The van der Waals surface area contributed by atoms with Crippen molar-refractivity contribution in [2.75, 3.05) is 12.4 Å². The minimum Gasteiger partial charge on any atom is -0.461 e. The number of nitrogens with two attached hydrogens (primary N) is 1. The van der Waals surface area contributed by atoms with Crippen LogP contribution in [0.4, 0.5) is 5.69 Å². The lowest BCUT2D eigenvalue weighted by Crippen LogP contribution is -2.25. The molecule has 0 saturated carbocycles. The number of benzene rings is 1. The number of carbonyl (C=O) groups excluding carboxylic acids is 1. The lowest BCUT2D eigenvalue weighted by atomic mass is 10.2. The number of nitriles is 1. The molecule has 6 heteroatoms. The average Bonchev–Trinajstić information content (AvgIpc) is 2.97. The topological polar surface area (TPSA) is 104 Å². The van der Waals surface area contributed by atoms with E-state index in [9.17, 15) is 4.79 Å². The van der Waals surface area contributed by atoms with E-state index in [1.165, 1.54) is 13.5 Å². The molecule has 0 fully saturated rings. The Bertz CT molecular complexity index is 795. The van der Waals surface area contributed by atoms with E-state index in [1.54, 1.807) is 18.2 Å². The number of furan rings is 1. The fourth-order valence-corrected chi connectivity index (χ4v) is 1.83. The number of amides is 1. The van der Waals surface area contributed by atoms with Gasteiger partial charge in [-0.2, -0.15) is 5.26 Å². The van der Waals surface area contributed by atoms with Crippen LogP contribution in [0.3, 0.4) is 0 Å². The predicted octanol–water partition coefficient (Wildman–Crippen LogP) is 3.26. The second-order valence-corrected chi connectivity index (χ2v) is 4.92. The standard InChI is InChI=1S/C14H14N4O2.C3H8.C2H2/c1-8-5-9-6-10(3-4-12(9)20-8)18-13(16)11(7-15)14(19)17-2;1-3-2;1-2/h3-6,18H,16H2,1-2H3,(H,17,19);3H2,1-2H3;1-2H/b13-11+;;. The van der Waals surface area contributed by atoms with Gasteiger partial charge in [0, 0.05) is 18.1 Å². The molecule has 1 heterocycles. The van der Waals surface area contributed by atoms with Crippen molar-refractivity contribution in [1.29, 1.82) is 5.26 Å². The summed E-state index contributed by atoms with van der Waals surface area (Å²) in [5.74, 6) is 0.285. The van der Waals surface area contributed by atoms with E-state index in [4.69, 9.17) is 15.4 Å². The predicted molar refractivity (Wildman–Crippen MR) is 101 cm³/mol. The van der Waals surface area contributed by atoms with Crippen LogP contribution in [-0.2, 0) is 4.79 Å². The summed E-state index contributed by atoms with van der Waals surface area (Å²) in [4.78, 5) is 11.5. The molecule has 0 saturated heterocycles. The summed E-state index contributed by atoms with van der Waals surface area (Å²) in [6.45, 7) is 6.11. The summed E-state index contributed by atoms with van der Waals surface area (Å²) in [7, 11) is 1.44. The maximum atomic E-state index is 11.5. The van der Waals surface area contributed by atoms with E-state index in [1.807, 2.05) is 19.1 Å². The zero-order valence-corrected chi connectivity index (χ0v) is 15.0. The molecule has 0 radical (unpaired) electrons. The zero-order valence-electron chi connectivity index (χ0n) is 15.0. The Kier molecular flexibility index (Phi) is 9.69. The van der Waals surface area contributed by atoms with E-state index in [2.05, 4.69) is 37.3 Å². The number of likely N-dealkylation sites (N-methyl/N-ethyl adjacent to an activating group) is 1. The molecule has 1 amide bonds. The molecule has 0 bridgehead atoms. The maximum Gasteiger partial charge on any atom is 0.265 e. The number of carbonyl (C=O) groups is 1. The van der Waals surface area contributed by atoms with Crippen LogP contribution in [-0.4, -0.2) is 13.0 Å². The molecular weight excluding hydrogens is 316 g/mol. The van der Waals surface area contributed by atoms with Gasteiger partial charge in [-0.3, -0.25) is 4.79 Å². The highest BCUT2D eigenvalue weighted by Gasteiger charge is 2.12. The van der Waals surface area contributed by atoms with Crippen LogP contribution in [0.1, 0.15) is 26.0 Å². The number of nitrogens with zero attached hydrogens (tertiary/aromatic N) is 1. The molecule has 0 atom stereocenters. The average molecular weight is 340 g/mol. The third-order valence-corrected chi connectivity index (χ3v) is 2.75. The quantitative estimate of drug-likeness (QED) is 0.452. The normalized spacial score (nSPS) is 10.1. The second-order valence-electron chi connectivity index (χ2n) is 4.92. The van der Waals surface area contributed by atoms with Gasteiger partial charge in [0.25, 0.3) is 5.91 Å². The number of rotatable bonds is 3. The number of hydrogen-bond acceptors (Lipinski definition) is 5. The van der Waals surface area contributed by atoms with Gasteiger partial charge >= 0.3 is 0 Å². The molecule has 0 aliphatic heterocycles. The molecule has 132 valence electrons. The van der Waals surface area contributed by atoms with Crippen molar-refractivity contribution >= 4 is 22.6 Å². The third kappa shape index (κ3) is 6.32. The van der Waals surface area contributed by atoms with Crippen molar-refractivity contribution in [2.24, 2.45) is 5.73 Å². The van der Waals surface area contributed by atoms with Gasteiger partial charge < -0.3 is 20.8 Å². The first-order valence-corrected chi connectivity index (χ1v) is 7.69. The number of hydrogen-bond donors (Lipinski definition) is 3. The fourth-order valence-electron chi connectivity index (χ4n) is 1.83. The molecule has 2 rings (SSSR count). The van der Waals surface area contributed by atoms with Crippen molar-refractivity contribution in [2.45, 2.75) is 27.2 Å². The Balaban J connectivity index is 0.00000104. The van der Waals surface area contributed by atoms with Crippen molar-refractivity contribution in [1.82, 2.24) is 5.32 Å². The van der Waals surface area contributed by atoms with E-state index in [-0.39, 0.29) is 11.4 Å². The molecule has 1 aromatic heterocycles. The SMILES string of the molecule is C#C.CCC.CNC(=O)/C(C#N)=C(\N)Nc1ccc2oc(C)cc2c1. The molecule has 0 unspecified atom stereocenters. The van der Waals surface area contributed by atoms with Gasteiger partial charge in [0.05, 0.1) is 0 Å². The number of terminal acetylenes is 1. The van der Waals surface area contributed by atoms with Gasteiger partial charge in [-0.15, -0.1) is 12.8 Å². The molecule has 0 spiro atoms. The Morgan fingerprint density at radius 1 is 1.32 bits per heavy atom. The largest absolute Gasteiger partial charge is 0.461 e. The second kappa shape index (κ2) is 11.2. The molecule has 1 aromatic carbocycles. The van der Waals surface area contributed by atoms with Crippen molar-refractivity contribution in [3.63, 3.8) is 0 Å². The smallest absolute Gasteiger partial charge is 0.265 e. The van der Waals surface area contributed by atoms with Crippen LogP contribution in [0, 0.1) is 31.1 Å². The molecule has 0 aliphatic carbocycles.